The molecule has 1 heterocycles. The number of nitrogens with one attached hydrogen (secondary N) is 1. The summed E-state index contributed by atoms with van der Waals surface area (Å²) >= 11 is 5.94. The summed E-state index contributed by atoms with van der Waals surface area (Å²) in [7, 11) is 1.30. The Morgan fingerprint density at radius 2 is 2.16 bits per heavy atom. The molecule has 0 fully saturated rings. The molecule has 0 aliphatic rings. The number of rotatable bonds is 3. The van der Waals surface area contributed by atoms with Crippen molar-refractivity contribution in [3.05, 3.63) is 46.9 Å². The number of methoxy groups -OCH3 is 1. The Morgan fingerprint density at radius 3 is 2.89 bits per heavy atom. The van der Waals surface area contributed by atoms with Gasteiger partial charge in [0.05, 0.1) is 19.5 Å². The maximum absolute atomic E-state index is 11.4. The van der Waals surface area contributed by atoms with E-state index in [1.807, 2.05) is 13.0 Å². The molecule has 0 amide bonds. The molecule has 1 N–H and O–H groups in total. The van der Waals surface area contributed by atoms with Gasteiger partial charge in [0.25, 0.3) is 0 Å². The number of esters is 1. The van der Waals surface area contributed by atoms with Gasteiger partial charge in [0.1, 0.15) is 5.82 Å². The number of nitrogens with zero attached hydrogens (tertiary/aromatic N) is 2. The molecule has 0 bridgehead atoms. The monoisotopic (exact) mass is 277 g/mol. The number of benzene rings is 1. The van der Waals surface area contributed by atoms with E-state index in [0.29, 0.717) is 10.8 Å². The van der Waals surface area contributed by atoms with E-state index in [9.17, 15) is 4.79 Å². The maximum Gasteiger partial charge on any atom is 0.358 e. The fourth-order valence-corrected chi connectivity index (χ4v) is 1.67. The molecule has 0 spiro atoms. The number of anilines is 2. The minimum Gasteiger partial charge on any atom is -0.464 e. The normalized spacial score (nSPS) is 10.1. The van der Waals surface area contributed by atoms with Crippen LogP contribution in [0.25, 0.3) is 0 Å². The standard InChI is InChI=1S/C13H12ClN3O2/c1-8-3-4-9(14)5-10(8)16-12-7-15-6-11(17-12)13(18)19-2/h3-7H,1-2H3,(H,16,17). The quantitative estimate of drug-likeness (QED) is 0.874. The van der Waals surface area contributed by atoms with Crippen molar-refractivity contribution in [2.75, 3.05) is 12.4 Å². The number of aryl methyl sites for hydroxylation is 1. The Hall–Kier alpha value is -2.14. The molecule has 0 unspecified atom stereocenters. The van der Waals surface area contributed by atoms with Crippen molar-refractivity contribution in [3.63, 3.8) is 0 Å². The van der Waals surface area contributed by atoms with Gasteiger partial charge in [0.15, 0.2) is 5.69 Å². The molecule has 19 heavy (non-hydrogen) atoms. The summed E-state index contributed by atoms with van der Waals surface area (Å²) in [5, 5.41) is 3.68. The van der Waals surface area contributed by atoms with Gasteiger partial charge in [0.2, 0.25) is 0 Å². The van der Waals surface area contributed by atoms with Crippen molar-refractivity contribution in [2.45, 2.75) is 6.92 Å². The fraction of sp³-hybridized carbons (Fsp3) is 0.154. The highest BCUT2D eigenvalue weighted by atomic mass is 35.5. The second kappa shape index (κ2) is 5.67. The van der Waals surface area contributed by atoms with Crippen LogP contribution in [0.4, 0.5) is 11.5 Å². The van der Waals surface area contributed by atoms with Crippen LogP contribution in [0.5, 0.6) is 0 Å². The summed E-state index contributed by atoms with van der Waals surface area (Å²) in [5.74, 6) is -0.0766. The second-order valence-corrected chi connectivity index (χ2v) is 4.30. The van der Waals surface area contributed by atoms with E-state index >= 15 is 0 Å². The van der Waals surface area contributed by atoms with E-state index in [1.165, 1.54) is 19.5 Å². The number of ether oxygens (including phenoxy) is 1. The lowest BCUT2D eigenvalue weighted by molar-refractivity contribution is 0.0593. The highest BCUT2D eigenvalue weighted by Gasteiger charge is 2.09. The van der Waals surface area contributed by atoms with Crippen molar-refractivity contribution in [1.82, 2.24) is 9.97 Å². The van der Waals surface area contributed by atoms with Crippen LogP contribution in [0.1, 0.15) is 16.1 Å². The number of halogens is 1. The van der Waals surface area contributed by atoms with Gasteiger partial charge < -0.3 is 10.1 Å². The SMILES string of the molecule is COC(=O)c1cncc(Nc2cc(Cl)ccc2C)n1. The molecule has 2 rings (SSSR count). The minimum atomic E-state index is -0.529. The Labute approximate surface area is 115 Å². The summed E-state index contributed by atoms with van der Waals surface area (Å²) in [4.78, 5) is 19.4. The van der Waals surface area contributed by atoms with Crippen molar-refractivity contribution in [3.8, 4) is 0 Å². The van der Waals surface area contributed by atoms with Gasteiger partial charge in [-0.15, -0.1) is 0 Å². The molecular weight excluding hydrogens is 266 g/mol. The van der Waals surface area contributed by atoms with Crippen molar-refractivity contribution in [2.24, 2.45) is 0 Å². The van der Waals surface area contributed by atoms with E-state index in [2.05, 4.69) is 20.0 Å². The molecule has 0 saturated heterocycles. The Balaban J connectivity index is 2.28. The summed E-state index contributed by atoms with van der Waals surface area (Å²) in [6.07, 6.45) is 2.87. The van der Waals surface area contributed by atoms with Gasteiger partial charge in [-0.3, -0.25) is 4.98 Å². The molecule has 1 aromatic carbocycles. The topological polar surface area (TPSA) is 64.1 Å². The van der Waals surface area contributed by atoms with Gasteiger partial charge in [-0.2, -0.15) is 0 Å². The van der Waals surface area contributed by atoms with Crippen LogP contribution in [0.2, 0.25) is 5.02 Å². The lowest BCUT2D eigenvalue weighted by Gasteiger charge is -2.09. The van der Waals surface area contributed by atoms with Crippen molar-refractivity contribution >= 4 is 29.1 Å². The molecule has 2 aromatic rings. The van der Waals surface area contributed by atoms with Crippen LogP contribution in [-0.2, 0) is 4.74 Å². The van der Waals surface area contributed by atoms with Gasteiger partial charge in [-0.25, -0.2) is 9.78 Å². The van der Waals surface area contributed by atoms with Crippen LogP contribution in [0, 0.1) is 6.92 Å². The summed E-state index contributed by atoms with van der Waals surface area (Å²) in [6.45, 7) is 1.94. The van der Waals surface area contributed by atoms with Crippen molar-refractivity contribution in [1.29, 1.82) is 0 Å². The van der Waals surface area contributed by atoms with Crippen LogP contribution in [0.3, 0.4) is 0 Å². The zero-order valence-corrected chi connectivity index (χ0v) is 11.2. The first-order valence-electron chi connectivity index (χ1n) is 5.53. The zero-order valence-electron chi connectivity index (χ0n) is 10.5. The van der Waals surface area contributed by atoms with E-state index in [0.717, 1.165) is 11.3 Å². The summed E-state index contributed by atoms with van der Waals surface area (Å²) < 4.78 is 4.59. The summed E-state index contributed by atoms with van der Waals surface area (Å²) in [6, 6.07) is 5.48. The fourth-order valence-electron chi connectivity index (χ4n) is 1.50. The smallest absolute Gasteiger partial charge is 0.358 e. The highest BCUT2D eigenvalue weighted by molar-refractivity contribution is 6.30. The average molecular weight is 278 g/mol. The third-order valence-corrected chi connectivity index (χ3v) is 2.73. The number of aromatic nitrogens is 2. The highest BCUT2D eigenvalue weighted by Crippen LogP contribution is 2.23. The molecule has 98 valence electrons. The number of carbonyl (C=O) groups is 1. The van der Waals surface area contributed by atoms with Gasteiger partial charge in [-0.05, 0) is 24.6 Å². The molecule has 0 radical (unpaired) electrons. The lowest BCUT2D eigenvalue weighted by atomic mass is 10.2. The maximum atomic E-state index is 11.4. The van der Waals surface area contributed by atoms with Crippen LogP contribution in [-0.4, -0.2) is 23.0 Å². The largest absolute Gasteiger partial charge is 0.464 e. The predicted molar refractivity (Wildman–Crippen MR) is 72.8 cm³/mol. The molecule has 0 aliphatic carbocycles. The lowest BCUT2D eigenvalue weighted by Crippen LogP contribution is -2.07. The van der Waals surface area contributed by atoms with E-state index in [4.69, 9.17) is 11.6 Å². The molecule has 0 saturated carbocycles. The number of carbonyl (C=O) groups excluding carboxylic acids is 1. The first-order valence-corrected chi connectivity index (χ1v) is 5.91. The van der Waals surface area contributed by atoms with E-state index < -0.39 is 5.97 Å². The van der Waals surface area contributed by atoms with E-state index in [-0.39, 0.29) is 5.69 Å². The van der Waals surface area contributed by atoms with E-state index in [1.54, 1.807) is 12.1 Å². The third-order valence-electron chi connectivity index (χ3n) is 2.49. The molecule has 6 heteroatoms. The predicted octanol–water partition coefficient (Wildman–Crippen LogP) is 2.97. The Bertz CT molecular complexity index is 617. The number of hydrogen-bond acceptors (Lipinski definition) is 5. The average Bonchev–Trinajstić information content (AvgIpc) is 2.42. The Morgan fingerprint density at radius 1 is 1.37 bits per heavy atom. The van der Waals surface area contributed by atoms with Crippen LogP contribution < -0.4 is 5.32 Å². The zero-order chi connectivity index (χ0) is 13.8. The Kier molecular flexibility index (Phi) is 3.97. The van der Waals surface area contributed by atoms with Crippen molar-refractivity contribution < 1.29 is 9.53 Å². The molecular formula is C13H12ClN3O2. The van der Waals surface area contributed by atoms with Crippen LogP contribution >= 0.6 is 11.6 Å². The van der Waals surface area contributed by atoms with Gasteiger partial charge >= 0.3 is 5.97 Å². The first kappa shape index (κ1) is 13.3. The molecule has 5 nitrogen and oxygen atoms in total. The summed E-state index contributed by atoms with van der Waals surface area (Å²) in [5.41, 5.74) is 1.96. The molecule has 0 atom stereocenters. The third kappa shape index (κ3) is 3.20. The number of hydrogen-bond donors (Lipinski definition) is 1. The first-order chi connectivity index (χ1) is 9.10. The minimum absolute atomic E-state index is 0.146. The second-order valence-electron chi connectivity index (χ2n) is 3.87. The van der Waals surface area contributed by atoms with Crippen LogP contribution in [0.15, 0.2) is 30.6 Å². The van der Waals surface area contributed by atoms with Gasteiger partial charge in [-0.1, -0.05) is 17.7 Å². The molecule has 1 aromatic heterocycles. The van der Waals surface area contributed by atoms with Gasteiger partial charge in [0, 0.05) is 10.7 Å². The molecule has 0 aliphatic heterocycles.